The smallest absolute Gasteiger partial charge is 0.119 e. The molecule has 0 amide bonds. The van der Waals surface area contributed by atoms with Gasteiger partial charge in [0.15, 0.2) is 0 Å². The minimum absolute atomic E-state index is 0.422. The van der Waals surface area contributed by atoms with Gasteiger partial charge in [-0.3, -0.25) is 0 Å². The van der Waals surface area contributed by atoms with Crippen LogP contribution < -0.4 is 10.5 Å². The second-order valence-corrected chi connectivity index (χ2v) is 6.55. The van der Waals surface area contributed by atoms with E-state index in [1.165, 1.54) is 50.5 Å². The largest absolute Gasteiger partial charge is 0.497 e. The first-order valence-electron chi connectivity index (χ1n) is 7.57. The molecule has 4 rings (SSSR count). The fourth-order valence-electron chi connectivity index (χ4n) is 4.33. The molecule has 3 fully saturated rings. The molecule has 0 aliphatic heterocycles. The fourth-order valence-corrected chi connectivity index (χ4v) is 4.33. The molecule has 3 saturated carbocycles. The fraction of sp³-hybridized carbons (Fsp3) is 0.647. The molecule has 0 radical (unpaired) electrons. The van der Waals surface area contributed by atoms with Crippen LogP contribution in [0.15, 0.2) is 24.3 Å². The molecule has 1 aromatic rings. The summed E-state index contributed by atoms with van der Waals surface area (Å²) < 4.78 is 5.39. The second-order valence-electron chi connectivity index (χ2n) is 6.55. The van der Waals surface area contributed by atoms with Crippen LogP contribution in [0.25, 0.3) is 0 Å². The van der Waals surface area contributed by atoms with E-state index in [1.807, 2.05) is 6.07 Å². The molecule has 0 spiro atoms. The molecule has 0 atom stereocenters. The number of rotatable bonds is 4. The van der Waals surface area contributed by atoms with Gasteiger partial charge in [0.25, 0.3) is 0 Å². The zero-order valence-electron chi connectivity index (χ0n) is 12.0. The number of nitrogens with two attached hydrogens (primary N) is 1. The summed E-state index contributed by atoms with van der Waals surface area (Å²) in [5.74, 6) is 0.997. The van der Waals surface area contributed by atoms with Crippen LogP contribution in [0.4, 0.5) is 0 Å². The van der Waals surface area contributed by atoms with E-state index in [2.05, 4.69) is 18.2 Å². The van der Waals surface area contributed by atoms with Crippen LogP contribution in [0.3, 0.4) is 0 Å². The number of fused-ring (bicyclic) bond motifs is 3. The molecule has 104 valence electrons. The summed E-state index contributed by atoms with van der Waals surface area (Å²) in [5, 5.41) is 0. The average Bonchev–Trinajstić information content (AvgIpc) is 2.49. The highest BCUT2D eigenvalue weighted by molar-refractivity contribution is 5.35. The normalized spacial score (nSPS) is 33.4. The molecule has 0 saturated heterocycles. The van der Waals surface area contributed by atoms with Crippen LogP contribution in [0.2, 0.25) is 0 Å². The van der Waals surface area contributed by atoms with Gasteiger partial charge in [-0.25, -0.2) is 0 Å². The maximum Gasteiger partial charge on any atom is 0.119 e. The third-order valence-corrected chi connectivity index (χ3v) is 5.76. The molecular formula is C17H25NO. The van der Waals surface area contributed by atoms with Crippen LogP contribution >= 0.6 is 0 Å². The zero-order chi connectivity index (χ0) is 13.3. The Morgan fingerprint density at radius 1 is 1.11 bits per heavy atom. The average molecular weight is 259 g/mol. The van der Waals surface area contributed by atoms with E-state index in [0.717, 1.165) is 12.3 Å². The highest BCUT2D eigenvalue weighted by atomic mass is 16.5. The van der Waals surface area contributed by atoms with Gasteiger partial charge in [-0.05, 0) is 80.0 Å². The molecule has 2 heteroatoms. The molecule has 2 N–H and O–H groups in total. The number of hydrogen-bond donors (Lipinski definition) is 1. The molecule has 0 heterocycles. The van der Waals surface area contributed by atoms with Gasteiger partial charge < -0.3 is 10.5 Å². The monoisotopic (exact) mass is 259 g/mol. The summed E-state index contributed by atoms with van der Waals surface area (Å²) in [6, 6.07) is 8.73. The van der Waals surface area contributed by atoms with Gasteiger partial charge in [-0.1, -0.05) is 12.1 Å². The van der Waals surface area contributed by atoms with E-state index in [-0.39, 0.29) is 0 Å². The Bertz CT molecular complexity index is 430. The summed E-state index contributed by atoms with van der Waals surface area (Å²) in [6.07, 6.45) is 9.31. The van der Waals surface area contributed by atoms with Crippen molar-refractivity contribution in [3.8, 4) is 5.75 Å². The molecule has 0 unspecified atom stereocenters. The molecule has 19 heavy (non-hydrogen) atoms. The van der Waals surface area contributed by atoms with E-state index in [4.69, 9.17) is 10.5 Å². The Labute approximate surface area is 116 Å². The van der Waals surface area contributed by atoms with Crippen molar-refractivity contribution in [2.24, 2.45) is 11.1 Å². The Kier molecular flexibility index (Phi) is 3.30. The molecule has 0 aromatic heterocycles. The first-order valence-corrected chi connectivity index (χ1v) is 7.57. The Morgan fingerprint density at radius 2 is 1.79 bits per heavy atom. The minimum atomic E-state index is 0.422. The lowest BCUT2D eigenvalue weighted by atomic mass is 9.51. The molecular weight excluding hydrogens is 234 g/mol. The predicted molar refractivity (Wildman–Crippen MR) is 78.5 cm³/mol. The van der Waals surface area contributed by atoms with E-state index in [1.54, 1.807) is 7.11 Å². The molecule has 3 aliphatic rings. The van der Waals surface area contributed by atoms with Crippen LogP contribution in [-0.4, -0.2) is 13.7 Å². The van der Waals surface area contributed by atoms with Gasteiger partial charge >= 0.3 is 0 Å². The highest BCUT2D eigenvalue weighted by Gasteiger charge is 2.48. The molecule has 2 bridgehead atoms. The predicted octanol–water partition coefficient (Wildman–Crippen LogP) is 3.64. The maximum atomic E-state index is 5.80. The topological polar surface area (TPSA) is 35.2 Å². The number of hydrogen-bond acceptors (Lipinski definition) is 2. The summed E-state index contributed by atoms with van der Waals surface area (Å²) in [6.45, 7) is 0.853. The second kappa shape index (κ2) is 4.82. The van der Waals surface area contributed by atoms with E-state index in [9.17, 15) is 0 Å². The van der Waals surface area contributed by atoms with Crippen molar-refractivity contribution in [1.82, 2.24) is 0 Å². The van der Waals surface area contributed by atoms with Gasteiger partial charge in [-0.15, -0.1) is 0 Å². The van der Waals surface area contributed by atoms with Crippen LogP contribution in [0, 0.1) is 5.41 Å². The number of methoxy groups -OCH3 is 1. The first kappa shape index (κ1) is 13.0. The minimum Gasteiger partial charge on any atom is -0.497 e. The Hall–Kier alpha value is -1.02. The van der Waals surface area contributed by atoms with Crippen molar-refractivity contribution >= 4 is 0 Å². The third kappa shape index (κ3) is 2.16. The van der Waals surface area contributed by atoms with Gasteiger partial charge in [-0.2, -0.15) is 0 Å². The van der Waals surface area contributed by atoms with Crippen molar-refractivity contribution in [2.45, 2.75) is 50.4 Å². The molecule has 1 aromatic carbocycles. The quantitative estimate of drug-likeness (QED) is 0.896. The van der Waals surface area contributed by atoms with E-state index >= 15 is 0 Å². The summed E-state index contributed by atoms with van der Waals surface area (Å²) in [7, 11) is 1.75. The van der Waals surface area contributed by atoms with E-state index in [0.29, 0.717) is 10.8 Å². The van der Waals surface area contributed by atoms with E-state index < -0.39 is 0 Å². The van der Waals surface area contributed by atoms with Crippen LogP contribution in [0.1, 0.15) is 50.5 Å². The van der Waals surface area contributed by atoms with Crippen molar-refractivity contribution in [1.29, 1.82) is 0 Å². The van der Waals surface area contributed by atoms with Crippen molar-refractivity contribution in [3.63, 3.8) is 0 Å². The van der Waals surface area contributed by atoms with Crippen molar-refractivity contribution < 1.29 is 4.74 Å². The lowest BCUT2D eigenvalue weighted by Crippen LogP contribution is -2.44. The van der Waals surface area contributed by atoms with Gasteiger partial charge in [0.2, 0.25) is 0 Å². The Balaban J connectivity index is 1.83. The third-order valence-electron chi connectivity index (χ3n) is 5.76. The van der Waals surface area contributed by atoms with Gasteiger partial charge in [0.1, 0.15) is 5.75 Å². The lowest BCUT2D eigenvalue weighted by molar-refractivity contribution is 0.0346. The van der Waals surface area contributed by atoms with Gasteiger partial charge in [0.05, 0.1) is 7.11 Å². The zero-order valence-corrected chi connectivity index (χ0v) is 12.0. The Morgan fingerprint density at radius 3 is 2.37 bits per heavy atom. The number of benzene rings is 1. The first-order chi connectivity index (χ1) is 9.22. The number of ether oxygens (including phenoxy) is 1. The van der Waals surface area contributed by atoms with Gasteiger partial charge in [0, 0.05) is 0 Å². The van der Waals surface area contributed by atoms with Crippen LogP contribution in [0.5, 0.6) is 5.75 Å². The summed E-state index contributed by atoms with van der Waals surface area (Å²) in [5.41, 5.74) is 8.30. The summed E-state index contributed by atoms with van der Waals surface area (Å²) >= 11 is 0. The van der Waals surface area contributed by atoms with Crippen molar-refractivity contribution in [2.75, 3.05) is 13.7 Å². The highest BCUT2D eigenvalue weighted by Crippen LogP contribution is 2.59. The van der Waals surface area contributed by atoms with Crippen molar-refractivity contribution in [3.05, 3.63) is 29.8 Å². The lowest BCUT2D eigenvalue weighted by Gasteiger charge is -2.54. The molecule has 3 aliphatic carbocycles. The maximum absolute atomic E-state index is 5.80. The SMILES string of the molecule is COc1cccc(C23CCC(CCN)(CC2)CC3)c1. The summed E-state index contributed by atoms with van der Waals surface area (Å²) in [4.78, 5) is 0. The standard InChI is InChI=1S/C17H25NO/c1-19-15-4-2-3-14(13-15)17-8-5-16(6-9-17,7-10-17)11-12-18/h2-4,13H,5-12,18H2,1H3. The van der Waals surface area contributed by atoms with Crippen LogP contribution in [-0.2, 0) is 5.41 Å². The molecule has 2 nitrogen and oxygen atoms in total.